The number of allylic oxidation sites excluding steroid dienone is 12. The molecule has 6 heteroatoms. The number of nitrogens with one attached hydrogen (secondary N) is 1. The van der Waals surface area contributed by atoms with E-state index in [0.717, 1.165) is 77.0 Å². The molecule has 3 unspecified atom stereocenters. The highest BCUT2D eigenvalue weighted by molar-refractivity contribution is 5.77. The fraction of sp³-hybridized carbons (Fsp3) is 0.745. The van der Waals surface area contributed by atoms with E-state index in [1.807, 2.05) is 6.08 Å². The van der Waals surface area contributed by atoms with Gasteiger partial charge in [0, 0.05) is 6.42 Å². The Morgan fingerprint density at radius 2 is 0.852 bits per heavy atom. The van der Waals surface area contributed by atoms with E-state index in [4.69, 9.17) is 4.74 Å². The first kappa shape index (κ1) is 58.3. The first-order valence-corrected chi connectivity index (χ1v) is 25.7. The van der Waals surface area contributed by atoms with Crippen LogP contribution < -0.4 is 5.32 Å². The molecule has 0 aliphatic rings. The fourth-order valence-electron chi connectivity index (χ4n) is 7.46. The lowest BCUT2D eigenvalue weighted by atomic mass is 10.0. The second kappa shape index (κ2) is 48.3. The molecule has 0 radical (unpaired) electrons. The highest BCUT2D eigenvalue weighted by atomic mass is 16.5. The van der Waals surface area contributed by atoms with Crippen molar-refractivity contribution in [3.63, 3.8) is 0 Å². The van der Waals surface area contributed by atoms with E-state index in [9.17, 15) is 19.8 Å². The number of carbonyl (C=O) groups is 2. The second-order valence-electron chi connectivity index (χ2n) is 17.2. The third kappa shape index (κ3) is 43.7. The Balaban J connectivity index is 4.52. The van der Waals surface area contributed by atoms with Gasteiger partial charge in [0.15, 0.2) is 0 Å². The van der Waals surface area contributed by atoms with Crippen LogP contribution in [0.1, 0.15) is 239 Å². The van der Waals surface area contributed by atoms with Gasteiger partial charge in [0.1, 0.15) is 6.10 Å². The van der Waals surface area contributed by atoms with Crippen LogP contribution in [-0.2, 0) is 14.3 Å². The van der Waals surface area contributed by atoms with Crippen molar-refractivity contribution in [3.05, 3.63) is 72.9 Å². The van der Waals surface area contributed by atoms with Crippen molar-refractivity contribution < 1.29 is 24.5 Å². The topological polar surface area (TPSA) is 95.9 Å². The number of hydrogen-bond donors (Lipinski definition) is 3. The summed E-state index contributed by atoms with van der Waals surface area (Å²) in [6.45, 7) is 6.33. The summed E-state index contributed by atoms with van der Waals surface area (Å²) in [6.07, 6.45) is 61.2. The molecule has 0 rings (SSSR count). The van der Waals surface area contributed by atoms with Crippen LogP contribution in [-0.4, -0.2) is 46.9 Å². The van der Waals surface area contributed by atoms with Crippen LogP contribution in [0.3, 0.4) is 0 Å². The minimum atomic E-state index is -0.800. The second-order valence-corrected chi connectivity index (χ2v) is 17.2. The average molecular weight is 852 g/mol. The van der Waals surface area contributed by atoms with Gasteiger partial charge in [-0.1, -0.05) is 235 Å². The molecule has 0 aromatic rings. The zero-order chi connectivity index (χ0) is 44.5. The van der Waals surface area contributed by atoms with Gasteiger partial charge in [-0.2, -0.15) is 0 Å². The average Bonchev–Trinajstić information content (AvgIpc) is 3.25. The van der Waals surface area contributed by atoms with Crippen molar-refractivity contribution >= 4 is 11.9 Å². The number of carbonyl (C=O) groups excluding carboxylic acids is 2. The van der Waals surface area contributed by atoms with Crippen molar-refractivity contribution in [1.82, 2.24) is 5.32 Å². The van der Waals surface area contributed by atoms with Crippen LogP contribution >= 0.6 is 0 Å². The molecule has 0 bridgehead atoms. The van der Waals surface area contributed by atoms with Crippen molar-refractivity contribution in [2.45, 2.75) is 257 Å². The predicted molar refractivity (Wildman–Crippen MR) is 264 cm³/mol. The number of ether oxygens (including phenoxy) is 1. The third-order valence-corrected chi connectivity index (χ3v) is 11.3. The molecule has 352 valence electrons. The monoisotopic (exact) mass is 852 g/mol. The highest BCUT2D eigenvalue weighted by Gasteiger charge is 2.24. The van der Waals surface area contributed by atoms with Gasteiger partial charge in [0.05, 0.1) is 25.2 Å². The molecule has 0 spiro atoms. The third-order valence-electron chi connectivity index (χ3n) is 11.3. The molecule has 3 N–H and O–H groups in total. The molecule has 1 amide bonds. The summed E-state index contributed by atoms with van der Waals surface area (Å²) >= 11 is 0. The van der Waals surface area contributed by atoms with Crippen LogP contribution in [0.4, 0.5) is 0 Å². The molecule has 0 saturated carbocycles. The molecule has 0 aliphatic carbocycles. The standard InChI is InChI=1S/C55H97NO5/c1-4-7-10-13-16-19-21-23-25-26-27-28-30-32-34-36-39-42-45-48-55(60)61-51(46-43-40-37-18-15-12-9-6-3)49-54(59)56-52(50-57)53(58)47-44-41-38-35-33-31-29-24-22-20-17-14-11-8-5-2/h7,10,16,19,23,25,27-28,32,34,39,42,51-53,57-58H,4-6,8-9,11-15,17-18,20-22,24,26,29-31,33,35-38,40-41,43-50H2,1-3H3,(H,56,59)/b10-7-,19-16-,25-23-,28-27-,34-32-,42-39-. The van der Waals surface area contributed by atoms with Gasteiger partial charge in [-0.25, -0.2) is 0 Å². The molecule has 0 heterocycles. The largest absolute Gasteiger partial charge is 0.462 e. The smallest absolute Gasteiger partial charge is 0.306 e. The van der Waals surface area contributed by atoms with Crippen LogP contribution in [0, 0.1) is 0 Å². The Labute approximate surface area is 377 Å². The number of aliphatic hydroxyl groups is 2. The molecule has 0 aromatic carbocycles. The quantitative estimate of drug-likeness (QED) is 0.0322. The van der Waals surface area contributed by atoms with Gasteiger partial charge in [-0.05, 0) is 64.2 Å². The molecule has 0 saturated heterocycles. The number of unbranched alkanes of at least 4 members (excludes halogenated alkanes) is 21. The summed E-state index contributed by atoms with van der Waals surface area (Å²) in [5.41, 5.74) is 0. The lowest BCUT2D eigenvalue weighted by Gasteiger charge is -2.24. The van der Waals surface area contributed by atoms with E-state index in [1.165, 1.54) is 109 Å². The Morgan fingerprint density at radius 1 is 0.492 bits per heavy atom. The zero-order valence-electron chi connectivity index (χ0n) is 40.0. The summed E-state index contributed by atoms with van der Waals surface area (Å²) in [5, 5.41) is 23.7. The predicted octanol–water partition coefficient (Wildman–Crippen LogP) is 15.4. The Morgan fingerprint density at radius 3 is 1.25 bits per heavy atom. The summed E-state index contributed by atoms with van der Waals surface area (Å²) < 4.78 is 5.86. The van der Waals surface area contributed by atoms with E-state index in [-0.39, 0.29) is 31.3 Å². The van der Waals surface area contributed by atoms with Crippen LogP contribution in [0.15, 0.2) is 72.9 Å². The maximum Gasteiger partial charge on any atom is 0.306 e. The van der Waals surface area contributed by atoms with Crippen LogP contribution in [0.25, 0.3) is 0 Å². The SMILES string of the molecule is CC/C=C\C/C=C\C/C=C\C/C=C\C/C=C\C/C=C\CCC(=O)OC(CCCCCCCCCC)CC(=O)NC(CO)C(O)CCCCCCCCCCCCCCCCC. The Bertz CT molecular complexity index is 1140. The zero-order valence-corrected chi connectivity index (χ0v) is 40.0. The Hall–Kier alpha value is -2.70. The molecule has 0 aliphatic heterocycles. The van der Waals surface area contributed by atoms with Gasteiger partial charge in [-0.3, -0.25) is 9.59 Å². The Kier molecular flexibility index (Phi) is 46.2. The molecule has 6 nitrogen and oxygen atoms in total. The van der Waals surface area contributed by atoms with E-state index < -0.39 is 18.2 Å². The molecular formula is C55H97NO5. The molecule has 0 aromatic heterocycles. The van der Waals surface area contributed by atoms with Gasteiger partial charge >= 0.3 is 5.97 Å². The number of aliphatic hydroxyl groups excluding tert-OH is 2. The van der Waals surface area contributed by atoms with Crippen molar-refractivity contribution in [2.75, 3.05) is 6.61 Å². The maximum atomic E-state index is 13.1. The van der Waals surface area contributed by atoms with E-state index in [1.54, 1.807) is 0 Å². The van der Waals surface area contributed by atoms with Crippen molar-refractivity contribution in [3.8, 4) is 0 Å². The number of rotatable bonds is 45. The van der Waals surface area contributed by atoms with Gasteiger partial charge in [0.25, 0.3) is 0 Å². The van der Waals surface area contributed by atoms with Crippen LogP contribution in [0.5, 0.6) is 0 Å². The summed E-state index contributed by atoms with van der Waals surface area (Å²) in [7, 11) is 0. The summed E-state index contributed by atoms with van der Waals surface area (Å²) in [6, 6.07) is -0.716. The first-order chi connectivity index (χ1) is 30.0. The number of esters is 1. The lowest BCUT2D eigenvalue weighted by molar-refractivity contribution is -0.150. The summed E-state index contributed by atoms with van der Waals surface area (Å²) in [4.78, 5) is 26.0. The molecule has 0 fully saturated rings. The van der Waals surface area contributed by atoms with E-state index in [2.05, 4.69) is 92.9 Å². The highest BCUT2D eigenvalue weighted by Crippen LogP contribution is 2.17. The number of hydrogen-bond acceptors (Lipinski definition) is 5. The fourth-order valence-corrected chi connectivity index (χ4v) is 7.46. The first-order valence-electron chi connectivity index (χ1n) is 25.7. The van der Waals surface area contributed by atoms with Gasteiger partial charge < -0.3 is 20.3 Å². The van der Waals surface area contributed by atoms with E-state index >= 15 is 0 Å². The normalized spacial score (nSPS) is 13.9. The molecule has 3 atom stereocenters. The molecule has 61 heavy (non-hydrogen) atoms. The van der Waals surface area contributed by atoms with Gasteiger partial charge in [0.2, 0.25) is 5.91 Å². The molecular weight excluding hydrogens is 755 g/mol. The van der Waals surface area contributed by atoms with E-state index in [0.29, 0.717) is 19.3 Å². The summed E-state index contributed by atoms with van der Waals surface area (Å²) in [5.74, 6) is -0.576. The minimum Gasteiger partial charge on any atom is -0.462 e. The minimum absolute atomic E-state index is 0.0460. The van der Waals surface area contributed by atoms with Crippen LogP contribution in [0.2, 0.25) is 0 Å². The number of amides is 1. The lowest BCUT2D eigenvalue weighted by Crippen LogP contribution is -2.46. The van der Waals surface area contributed by atoms with Gasteiger partial charge in [-0.15, -0.1) is 0 Å². The van der Waals surface area contributed by atoms with Crippen molar-refractivity contribution in [2.24, 2.45) is 0 Å². The maximum absolute atomic E-state index is 13.1. The van der Waals surface area contributed by atoms with Crippen molar-refractivity contribution in [1.29, 1.82) is 0 Å².